The van der Waals surface area contributed by atoms with E-state index in [-0.39, 0.29) is 5.56 Å². The van der Waals surface area contributed by atoms with Crippen molar-refractivity contribution in [3.8, 4) is 0 Å². The first-order valence-corrected chi connectivity index (χ1v) is 4.36. The Morgan fingerprint density at radius 2 is 1.60 bits per heavy atom. The van der Waals surface area contributed by atoms with Crippen LogP contribution in [0.2, 0.25) is 0 Å². The Kier molecular flexibility index (Phi) is 3.07. The maximum Gasteiger partial charge on any atom is 0.416 e. The number of anilines is 1. The van der Waals surface area contributed by atoms with Crippen molar-refractivity contribution in [3.63, 3.8) is 0 Å². The summed E-state index contributed by atoms with van der Waals surface area (Å²) in [7, 11) is 3.65. The van der Waals surface area contributed by atoms with Gasteiger partial charge in [0.05, 0.1) is 5.57 Å². The first kappa shape index (κ1) is 11.6. The van der Waals surface area contributed by atoms with Crippen LogP contribution in [0.5, 0.6) is 0 Å². The van der Waals surface area contributed by atoms with Crippen LogP contribution in [0.15, 0.2) is 30.8 Å². The SMILES string of the molecule is C=C(c1ccc(N(C)C)cc1)C(F)(F)F. The lowest BCUT2D eigenvalue weighted by Crippen LogP contribution is -2.11. The van der Waals surface area contributed by atoms with E-state index in [9.17, 15) is 13.2 Å². The van der Waals surface area contributed by atoms with Crippen LogP contribution >= 0.6 is 0 Å². The largest absolute Gasteiger partial charge is 0.416 e. The summed E-state index contributed by atoms with van der Waals surface area (Å²) in [6, 6.07) is 6.11. The highest BCUT2D eigenvalue weighted by atomic mass is 19.4. The zero-order valence-electron chi connectivity index (χ0n) is 8.60. The molecule has 15 heavy (non-hydrogen) atoms. The summed E-state index contributed by atoms with van der Waals surface area (Å²) in [6.07, 6.45) is -4.36. The molecule has 0 aliphatic carbocycles. The number of alkyl halides is 3. The van der Waals surface area contributed by atoms with Gasteiger partial charge in [-0.05, 0) is 17.7 Å². The molecular formula is C11H12F3N. The number of benzene rings is 1. The maximum atomic E-state index is 12.3. The van der Waals surface area contributed by atoms with E-state index in [1.165, 1.54) is 12.1 Å². The molecule has 0 atom stereocenters. The summed E-state index contributed by atoms with van der Waals surface area (Å²) in [4.78, 5) is 1.82. The molecule has 1 nitrogen and oxygen atoms in total. The van der Waals surface area contributed by atoms with Crippen LogP contribution in [0.1, 0.15) is 5.56 Å². The van der Waals surface area contributed by atoms with Crippen molar-refractivity contribution in [2.75, 3.05) is 19.0 Å². The lowest BCUT2D eigenvalue weighted by atomic mass is 10.1. The lowest BCUT2D eigenvalue weighted by Gasteiger charge is -2.14. The van der Waals surface area contributed by atoms with E-state index in [1.807, 2.05) is 19.0 Å². The molecule has 0 unspecified atom stereocenters. The van der Waals surface area contributed by atoms with Crippen molar-refractivity contribution >= 4 is 11.3 Å². The van der Waals surface area contributed by atoms with Crippen molar-refractivity contribution in [3.05, 3.63) is 36.4 Å². The smallest absolute Gasteiger partial charge is 0.378 e. The number of hydrogen-bond donors (Lipinski definition) is 0. The molecule has 0 aliphatic heterocycles. The Hall–Kier alpha value is -1.45. The van der Waals surface area contributed by atoms with Gasteiger partial charge in [0, 0.05) is 19.8 Å². The van der Waals surface area contributed by atoms with Crippen molar-refractivity contribution < 1.29 is 13.2 Å². The molecule has 82 valence electrons. The predicted octanol–water partition coefficient (Wildman–Crippen LogP) is 3.33. The molecule has 0 saturated carbocycles. The van der Waals surface area contributed by atoms with Gasteiger partial charge in [-0.2, -0.15) is 13.2 Å². The second-order valence-corrected chi connectivity index (χ2v) is 3.42. The first-order chi connectivity index (χ1) is 6.82. The van der Waals surface area contributed by atoms with Gasteiger partial charge in [0.25, 0.3) is 0 Å². The van der Waals surface area contributed by atoms with Gasteiger partial charge < -0.3 is 4.90 Å². The van der Waals surface area contributed by atoms with E-state index in [0.717, 1.165) is 5.69 Å². The third kappa shape index (κ3) is 2.75. The minimum atomic E-state index is -4.36. The molecular weight excluding hydrogens is 203 g/mol. The maximum absolute atomic E-state index is 12.3. The number of rotatable bonds is 2. The summed E-state index contributed by atoms with van der Waals surface area (Å²) < 4.78 is 36.9. The van der Waals surface area contributed by atoms with E-state index in [1.54, 1.807) is 12.1 Å². The van der Waals surface area contributed by atoms with Gasteiger partial charge in [-0.1, -0.05) is 18.7 Å². The minimum Gasteiger partial charge on any atom is -0.378 e. The van der Waals surface area contributed by atoms with Crippen molar-refractivity contribution in [2.24, 2.45) is 0 Å². The molecule has 0 N–H and O–H groups in total. The molecule has 0 spiro atoms. The first-order valence-electron chi connectivity index (χ1n) is 4.36. The monoisotopic (exact) mass is 215 g/mol. The Morgan fingerprint density at radius 1 is 1.13 bits per heavy atom. The summed E-state index contributed by atoms with van der Waals surface area (Å²) >= 11 is 0. The van der Waals surface area contributed by atoms with Crippen molar-refractivity contribution in [2.45, 2.75) is 6.18 Å². The highest BCUT2D eigenvalue weighted by Crippen LogP contribution is 2.32. The quantitative estimate of drug-likeness (QED) is 0.731. The average molecular weight is 215 g/mol. The van der Waals surface area contributed by atoms with Gasteiger partial charge in [0.15, 0.2) is 0 Å². The number of hydrogen-bond acceptors (Lipinski definition) is 1. The van der Waals surface area contributed by atoms with E-state index in [0.29, 0.717) is 0 Å². The summed E-state index contributed by atoms with van der Waals surface area (Å²) in [5, 5.41) is 0. The molecule has 1 aromatic carbocycles. The van der Waals surface area contributed by atoms with E-state index < -0.39 is 11.7 Å². The fraction of sp³-hybridized carbons (Fsp3) is 0.273. The summed E-state index contributed by atoms with van der Waals surface area (Å²) in [5.41, 5.74) is 0.148. The molecule has 0 heterocycles. The molecule has 1 rings (SSSR count). The molecule has 0 amide bonds. The van der Waals surface area contributed by atoms with E-state index in [4.69, 9.17) is 0 Å². The fourth-order valence-corrected chi connectivity index (χ4v) is 1.12. The molecule has 0 radical (unpaired) electrons. The van der Waals surface area contributed by atoms with Crippen LogP contribution in [0, 0.1) is 0 Å². The molecule has 0 bridgehead atoms. The Labute approximate surface area is 86.8 Å². The second kappa shape index (κ2) is 3.96. The molecule has 4 heteroatoms. The van der Waals surface area contributed by atoms with Gasteiger partial charge in [0.2, 0.25) is 0 Å². The zero-order chi connectivity index (χ0) is 11.6. The topological polar surface area (TPSA) is 3.24 Å². The molecule has 0 aromatic heterocycles. The highest BCUT2D eigenvalue weighted by Gasteiger charge is 2.32. The minimum absolute atomic E-state index is 0.105. The predicted molar refractivity (Wildman–Crippen MR) is 55.9 cm³/mol. The lowest BCUT2D eigenvalue weighted by molar-refractivity contribution is -0.0686. The van der Waals surface area contributed by atoms with Gasteiger partial charge in [-0.3, -0.25) is 0 Å². The van der Waals surface area contributed by atoms with Crippen LogP contribution in [0.25, 0.3) is 5.57 Å². The summed E-state index contributed by atoms with van der Waals surface area (Å²) in [5.74, 6) is 0. The van der Waals surface area contributed by atoms with Gasteiger partial charge in [0.1, 0.15) is 0 Å². The van der Waals surface area contributed by atoms with Crippen LogP contribution in [-0.4, -0.2) is 20.3 Å². The van der Waals surface area contributed by atoms with E-state index in [2.05, 4.69) is 6.58 Å². The van der Waals surface area contributed by atoms with Crippen LogP contribution < -0.4 is 4.90 Å². The molecule has 1 aromatic rings. The van der Waals surface area contributed by atoms with Gasteiger partial charge in [-0.25, -0.2) is 0 Å². The van der Waals surface area contributed by atoms with Crippen LogP contribution in [-0.2, 0) is 0 Å². The second-order valence-electron chi connectivity index (χ2n) is 3.42. The third-order valence-electron chi connectivity index (χ3n) is 2.07. The number of nitrogens with zero attached hydrogens (tertiary/aromatic N) is 1. The highest BCUT2D eigenvalue weighted by molar-refractivity contribution is 5.69. The van der Waals surface area contributed by atoms with Crippen molar-refractivity contribution in [1.82, 2.24) is 0 Å². The van der Waals surface area contributed by atoms with Gasteiger partial charge in [-0.15, -0.1) is 0 Å². The van der Waals surface area contributed by atoms with Gasteiger partial charge >= 0.3 is 6.18 Å². The molecule has 0 aliphatic rings. The summed E-state index contributed by atoms with van der Waals surface area (Å²) in [6.45, 7) is 3.03. The molecule has 0 fully saturated rings. The Morgan fingerprint density at radius 3 is 1.93 bits per heavy atom. The standard InChI is InChI=1S/C11H12F3N/c1-8(11(12,13)14)9-4-6-10(7-5-9)15(2)3/h4-7H,1H2,2-3H3. The third-order valence-corrected chi connectivity index (χ3v) is 2.07. The zero-order valence-corrected chi connectivity index (χ0v) is 8.60. The van der Waals surface area contributed by atoms with Crippen molar-refractivity contribution in [1.29, 1.82) is 0 Å². The average Bonchev–Trinajstić information content (AvgIpc) is 2.15. The number of halogens is 3. The Balaban J connectivity index is 2.95. The van der Waals surface area contributed by atoms with Crippen LogP contribution in [0.3, 0.4) is 0 Å². The fourth-order valence-electron chi connectivity index (χ4n) is 1.12. The Bertz CT molecular complexity index is 349. The molecule has 0 saturated heterocycles. The normalized spacial score (nSPS) is 11.3. The van der Waals surface area contributed by atoms with E-state index >= 15 is 0 Å². The van der Waals surface area contributed by atoms with Crippen LogP contribution in [0.4, 0.5) is 18.9 Å². The number of allylic oxidation sites excluding steroid dienone is 1.